The zero-order chi connectivity index (χ0) is 32.8. The second-order valence-electron chi connectivity index (χ2n) is 13.3. The van der Waals surface area contributed by atoms with Gasteiger partial charge in [0, 0.05) is 75.1 Å². The van der Waals surface area contributed by atoms with E-state index in [1.165, 1.54) is 6.92 Å². The summed E-state index contributed by atoms with van der Waals surface area (Å²) in [6.45, 7) is 3.35. The van der Waals surface area contributed by atoms with Crippen molar-refractivity contribution in [2.45, 2.75) is 70.0 Å². The number of ether oxygens (including phenoxy) is 1. The van der Waals surface area contributed by atoms with Crippen molar-refractivity contribution in [3.8, 4) is 0 Å². The fourth-order valence-electron chi connectivity index (χ4n) is 7.37. The SMILES string of the molecule is CC(=O)N[C@H](Cc1c[nH]c2ccccc12)C(=O)N1CC[C@@H]2NC(=O)[C@H](Cc3ccccc3)NC(=O)C3(C/C=C/C[C@@H]2C1)CCOCC3. The van der Waals surface area contributed by atoms with Crippen molar-refractivity contribution in [3.63, 3.8) is 0 Å². The summed E-state index contributed by atoms with van der Waals surface area (Å²) in [5.41, 5.74) is 2.29. The van der Waals surface area contributed by atoms with Gasteiger partial charge in [0.15, 0.2) is 0 Å². The molecular weight excluding hydrogens is 594 g/mol. The molecule has 2 saturated heterocycles. The molecule has 4 heterocycles. The van der Waals surface area contributed by atoms with Crippen molar-refractivity contribution in [3.05, 3.63) is 84.1 Å². The van der Waals surface area contributed by atoms with E-state index in [0.717, 1.165) is 22.0 Å². The number of nitrogens with zero attached hydrogens (tertiary/aromatic N) is 1. The number of piperidine rings is 1. The number of benzene rings is 2. The number of fused-ring (bicyclic) bond motifs is 2. The molecule has 4 atom stereocenters. The first-order chi connectivity index (χ1) is 22.8. The van der Waals surface area contributed by atoms with Crippen LogP contribution >= 0.6 is 0 Å². The molecule has 0 unspecified atom stereocenters. The van der Waals surface area contributed by atoms with E-state index in [1.807, 2.05) is 65.7 Å². The van der Waals surface area contributed by atoms with Gasteiger partial charge >= 0.3 is 0 Å². The van der Waals surface area contributed by atoms with Crippen LogP contribution in [0.2, 0.25) is 0 Å². The second kappa shape index (κ2) is 14.5. The number of rotatable bonds is 6. The number of aromatic nitrogens is 1. The third-order valence-electron chi connectivity index (χ3n) is 10.1. The molecule has 3 aliphatic rings. The van der Waals surface area contributed by atoms with Gasteiger partial charge in [0.25, 0.3) is 0 Å². The molecule has 10 heteroatoms. The summed E-state index contributed by atoms with van der Waals surface area (Å²) in [4.78, 5) is 59.1. The molecule has 6 rings (SSSR count). The lowest BCUT2D eigenvalue weighted by Crippen LogP contribution is -2.60. The highest BCUT2D eigenvalue weighted by atomic mass is 16.5. The van der Waals surface area contributed by atoms with Crippen LogP contribution in [0.1, 0.15) is 50.2 Å². The molecule has 0 aliphatic carbocycles. The molecule has 0 radical (unpaired) electrons. The topological polar surface area (TPSA) is 133 Å². The zero-order valence-electron chi connectivity index (χ0n) is 27.0. The van der Waals surface area contributed by atoms with E-state index in [9.17, 15) is 19.2 Å². The average molecular weight is 640 g/mol. The summed E-state index contributed by atoms with van der Waals surface area (Å²) < 4.78 is 5.61. The monoisotopic (exact) mass is 639 g/mol. The van der Waals surface area contributed by atoms with Crippen molar-refractivity contribution in [1.29, 1.82) is 0 Å². The minimum atomic E-state index is -0.728. The van der Waals surface area contributed by atoms with Crippen molar-refractivity contribution >= 4 is 34.5 Å². The molecular formula is C37H45N5O5. The summed E-state index contributed by atoms with van der Waals surface area (Å²) in [5, 5.41) is 10.3. The average Bonchev–Trinajstić information content (AvgIpc) is 3.49. The van der Waals surface area contributed by atoms with Gasteiger partial charge in [-0.3, -0.25) is 19.2 Å². The molecule has 3 aliphatic heterocycles. The zero-order valence-corrected chi connectivity index (χ0v) is 27.0. The molecule has 0 bridgehead atoms. The molecule has 4 amide bonds. The summed E-state index contributed by atoms with van der Waals surface area (Å²) >= 11 is 0. The van der Waals surface area contributed by atoms with Gasteiger partial charge < -0.3 is 30.6 Å². The van der Waals surface area contributed by atoms with Crippen LogP contribution < -0.4 is 16.0 Å². The second-order valence-corrected chi connectivity index (χ2v) is 13.3. The number of hydrogen-bond donors (Lipinski definition) is 4. The normalized spacial score (nSPS) is 24.6. The van der Waals surface area contributed by atoms with Crippen molar-refractivity contribution in [2.75, 3.05) is 26.3 Å². The maximum atomic E-state index is 14.0. The standard InChI is InChI=1S/C37H45N5O5/c1-25(43)39-33(22-28-23-38-31-13-6-5-12-29(28)31)35(45)42-18-14-30-27(24-42)11-7-8-15-37(16-19-47-20-17-37)36(46)41-32(34(44)40-30)21-26-9-3-2-4-10-26/h2-10,12-13,23,27,30,32-33,38H,11,14-22,24H2,1H3,(H,39,43)(H,40,44)(H,41,46)/b8-7+/t27-,30+,32+,33-/m1/s1. The highest BCUT2D eigenvalue weighted by Crippen LogP contribution is 2.36. The van der Waals surface area contributed by atoms with Gasteiger partial charge in [-0.1, -0.05) is 60.7 Å². The highest BCUT2D eigenvalue weighted by molar-refractivity contribution is 5.91. The largest absolute Gasteiger partial charge is 0.381 e. The maximum absolute atomic E-state index is 14.0. The first-order valence-corrected chi connectivity index (χ1v) is 16.8. The Bertz CT molecular complexity index is 1610. The number of carbonyl (C=O) groups excluding carboxylic acids is 4. The van der Waals surface area contributed by atoms with Crippen LogP contribution in [0.15, 0.2) is 72.9 Å². The first kappa shape index (κ1) is 32.5. The third kappa shape index (κ3) is 7.59. The number of carbonyl (C=O) groups is 4. The van der Waals surface area contributed by atoms with Gasteiger partial charge in [0.2, 0.25) is 23.6 Å². The Labute approximate surface area is 275 Å². The molecule has 3 aromatic rings. The lowest BCUT2D eigenvalue weighted by atomic mass is 9.75. The number of likely N-dealkylation sites (tertiary alicyclic amines) is 1. The van der Waals surface area contributed by atoms with Crippen LogP contribution in [-0.2, 0) is 36.8 Å². The van der Waals surface area contributed by atoms with E-state index >= 15 is 0 Å². The number of allylic oxidation sites excluding steroid dienone is 2. The highest BCUT2D eigenvalue weighted by Gasteiger charge is 2.42. The van der Waals surface area contributed by atoms with E-state index in [1.54, 1.807) is 0 Å². The van der Waals surface area contributed by atoms with E-state index in [-0.39, 0.29) is 35.6 Å². The van der Waals surface area contributed by atoms with Gasteiger partial charge in [-0.25, -0.2) is 0 Å². The Balaban J connectivity index is 1.22. The van der Waals surface area contributed by atoms with E-state index in [2.05, 4.69) is 33.1 Å². The van der Waals surface area contributed by atoms with Gasteiger partial charge in [-0.05, 0) is 49.3 Å². The predicted molar refractivity (Wildman–Crippen MR) is 179 cm³/mol. The Hall–Kier alpha value is -4.44. The number of para-hydroxylation sites is 1. The minimum Gasteiger partial charge on any atom is -0.381 e. The van der Waals surface area contributed by atoms with Crippen LogP contribution in [0.4, 0.5) is 0 Å². The molecule has 1 aromatic heterocycles. The van der Waals surface area contributed by atoms with Gasteiger partial charge in [-0.2, -0.15) is 0 Å². The molecule has 248 valence electrons. The number of nitrogens with one attached hydrogen (secondary N) is 4. The molecule has 1 spiro atoms. The third-order valence-corrected chi connectivity index (χ3v) is 10.1. The Morgan fingerprint density at radius 2 is 1.79 bits per heavy atom. The Kier molecular flexibility index (Phi) is 10.1. The van der Waals surface area contributed by atoms with E-state index < -0.39 is 17.5 Å². The van der Waals surface area contributed by atoms with Gasteiger partial charge in [0.1, 0.15) is 12.1 Å². The lowest BCUT2D eigenvalue weighted by Gasteiger charge is -2.41. The van der Waals surface area contributed by atoms with Crippen LogP contribution in [0, 0.1) is 11.3 Å². The van der Waals surface area contributed by atoms with Crippen LogP contribution in [-0.4, -0.2) is 77.9 Å². The summed E-state index contributed by atoms with van der Waals surface area (Å²) in [5.74, 6) is -0.719. The van der Waals surface area contributed by atoms with E-state index in [0.29, 0.717) is 71.2 Å². The lowest BCUT2D eigenvalue weighted by molar-refractivity contribution is -0.141. The molecule has 2 fully saturated rings. The van der Waals surface area contributed by atoms with E-state index in [4.69, 9.17) is 4.74 Å². The minimum absolute atomic E-state index is 0.0305. The quantitative estimate of drug-likeness (QED) is 0.307. The molecule has 47 heavy (non-hydrogen) atoms. The number of hydrogen-bond acceptors (Lipinski definition) is 5. The Morgan fingerprint density at radius 3 is 2.57 bits per heavy atom. The van der Waals surface area contributed by atoms with Crippen LogP contribution in [0.25, 0.3) is 10.9 Å². The summed E-state index contributed by atoms with van der Waals surface area (Å²) in [7, 11) is 0. The van der Waals surface area contributed by atoms with Gasteiger partial charge in [-0.15, -0.1) is 0 Å². The van der Waals surface area contributed by atoms with Crippen molar-refractivity contribution in [1.82, 2.24) is 25.8 Å². The van der Waals surface area contributed by atoms with Crippen LogP contribution in [0.5, 0.6) is 0 Å². The number of aromatic amines is 1. The van der Waals surface area contributed by atoms with Gasteiger partial charge in [0.05, 0.1) is 5.41 Å². The molecule has 10 nitrogen and oxygen atoms in total. The first-order valence-electron chi connectivity index (χ1n) is 16.8. The fourth-order valence-corrected chi connectivity index (χ4v) is 7.37. The number of amides is 4. The summed E-state index contributed by atoms with van der Waals surface area (Å²) in [6, 6.07) is 16.1. The molecule has 4 N–H and O–H groups in total. The van der Waals surface area contributed by atoms with Crippen molar-refractivity contribution in [2.24, 2.45) is 11.3 Å². The predicted octanol–water partition coefficient (Wildman–Crippen LogP) is 3.42. The van der Waals surface area contributed by atoms with Crippen molar-refractivity contribution < 1.29 is 23.9 Å². The number of H-pyrrole nitrogens is 1. The maximum Gasteiger partial charge on any atom is 0.245 e. The fraction of sp³-hybridized carbons (Fsp3) is 0.459. The smallest absolute Gasteiger partial charge is 0.245 e. The molecule has 0 saturated carbocycles. The van der Waals surface area contributed by atoms with Crippen LogP contribution in [0.3, 0.4) is 0 Å². The summed E-state index contributed by atoms with van der Waals surface area (Å²) in [6.07, 6.45) is 9.83. The Morgan fingerprint density at radius 1 is 1.02 bits per heavy atom. The molecule has 2 aromatic carbocycles.